The third kappa shape index (κ3) is 4.76. The number of aryl methyl sites for hydroxylation is 1. The Bertz CT molecular complexity index is 1240. The third-order valence-corrected chi connectivity index (χ3v) is 5.69. The molecule has 2 amide bonds. The predicted molar refractivity (Wildman–Crippen MR) is 122 cm³/mol. The summed E-state index contributed by atoms with van der Waals surface area (Å²) in [6, 6.07) is 15.2. The number of aromatic nitrogens is 3. The predicted octanol–water partition coefficient (Wildman–Crippen LogP) is 5.07. The van der Waals surface area contributed by atoms with E-state index in [-0.39, 0.29) is 11.8 Å². The zero-order valence-corrected chi connectivity index (χ0v) is 17.9. The molecule has 0 aliphatic heterocycles. The van der Waals surface area contributed by atoms with Gasteiger partial charge in [0.1, 0.15) is 4.88 Å². The molecule has 7 nitrogen and oxygen atoms in total. The van der Waals surface area contributed by atoms with Gasteiger partial charge in [0.15, 0.2) is 10.8 Å². The fourth-order valence-electron chi connectivity index (χ4n) is 2.79. The van der Waals surface area contributed by atoms with Crippen LogP contribution in [0.15, 0.2) is 67.0 Å². The second kappa shape index (κ2) is 9.03. The summed E-state index contributed by atoms with van der Waals surface area (Å²) in [4.78, 5) is 38.7. The maximum atomic E-state index is 12.9. The number of nitrogens with one attached hydrogen (secondary N) is 2. The van der Waals surface area contributed by atoms with E-state index in [2.05, 4.69) is 25.6 Å². The molecule has 0 saturated heterocycles. The van der Waals surface area contributed by atoms with E-state index in [1.807, 2.05) is 0 Å². The molecule has 4 rings (SSSR count). The molecule has 0 fully saturated rings. The molecule has 4 aromatic rings. The van der Waals surface area contributed by atoms with Crippen molar-refractivity contribution in [2.45, 2.75) is 6.92 Å². The maximum absolute atomic E-state index is 12.9. The number of benzene rings is 2. The summed E-state index contributed by atoms with van der Waals surface area (Å²) >= 11 is 7.09. The van der Waals surface area contributed by atoms with Gasteiger partial charge >= 0.3 is 0 Å². The van der Waals surface area contributed by atoms with Gasteiger partial charge in [-0.2, -0.15) is 0 Å². The highest BCUT2D eigenvalue weighted by Crippen LogP contribution is 2.28. The molecule has 0 saturated carbocycles. The van der Waals surface area contributed by atoms with Crippen LogP contribution in [-0.2, 0) is 0 Å². The molecule has 2 N–H and O–H groups in total. The van der Waals surface area contributed by atoms with Crippen molar-refractivity contribution < 1.29 is 9.59 Å². The van der Waals surface area contributed by atoms with Crippen molar-refractivity contribution in [1.29, 1.82) is 0 Å². The molecule has 0 atom stereocenters. The molecular formula is C22H16ClN5O2S. The first-order valence-electron chi connectivity index (χ1n) is 9.23. The van der Waals surface area contributed by atoms with Crippen molar-refractivity contribution in [3.8, 4) is 10.8 Å². The minimum Gasteiger partial charge on any atom is -0.320 e. The highest BCUT2D eigenvalue weighted by Gasteiger charge is 2.19. The highest BCUT2D eigenvalue weighted by atomic mass is 35.5. The van der Waals surface area contributed by atoms with E-state index in [0.717, 1.165) is 0 Å². The van der Waals surface area contributed by atoms with Crippen LogP contribution in [0.25, 0.3) is 10.8 Å². The lowest BCUT2D eigenvalue weighted by Gasteiger charge is -2.12. The van der Waals surface area contributed by atoms with Crippen molar-refractivity contribution in [1.82, 2.24) is 15.0 Å². The molecule has 0 radical (unpaired) electrons. The lowest BCUT2D eigenvalue weighted by atomic mass is 10.2. The standard InChI is InChI=1S/C22H16ClN5O2S/c1-13-18(31-22(26-13)19-24-11-4-12-25-19)21(30)28-17-6-3-2-5-16(17)27-20(29)14-7-9-15(23)10-8-14/h2-12H,1H3,(H,27,29)(H,28,30). The number of rotatable bonds is 5. The number of thiazole rings is 1. The third-order valence-electron chi connectivity index (χ3n) is 4.29. The monoisotopic (exact) mass is 449 g/mol. The number of anilines is 2. The summed E-state index contributed by atoms with van der Waals surface area (Å²) in [6.07, 6.45) is 3.25. The first-order valence-corrected chi connectivity index (χ1v) is 10.4. The van der Waals surface area contributed by atoms with Crippen LogP contribution in [0, 0.1) is 6.92 Å². The average molecular weight is 450 g/mol. The molecule has 31 heavy (non-hydrogen) atoms. The second-order valence-corrected chi connectivity index (χ2v) is 7.90. The fraction of sp³-hybridized carbons (Fsp3) is 0.0455. The van der Waals surface area contributed by atoms with E-state index in [1.165, 1.54) is 11.3 Å². The summed E-state index contributed by atoms with van der Waals surface area (Å²) in [7, 11) is 0. The van der Waals surface area contributed by atoms with E-state index in [1.54, 1.807) is 73.9 Å². The minimum absolute atomic E-state index is 0.309. The zero-order chi connectivity index (χ0) is 21.8. The molecule has 0 spiro atoms. The number of para-hydroxylation sites is 2. The van der Waals surface area contributed by atoms with E-state index < -0.39 is 0 Å². The first-order chi connectivity index (χ1) is 15.0. The van der Waals surface area contributed by atoms with Crippen molar-refractivity contribution in [3.05, 3.63) is 88.1 Å². The van der Waals surface area contributed by atoms with Gasteiger partial charge in [-0.1, -0.05) is 23.7 Å². The Morgan fingerprint density at radius 1 is 0.871 bits per heavy atom. The van der Waals surface area contributed by atoms with Gasteiger partial charge in [0.2, 0.25) is 0 Å². The Morgan fingerprint density at radius 2 is 1.48 bits per heavy atom. The van der Waals surface area contributed by atoms with E-state index >= 15 is 0 Å². The minimum atomic E-state index is -0.328. The highest BCUT2D eigenvalue weighted by molar-refractivity contribution is 7.17. The SMILES string of the molecule is Cc1nc(-c2ncccn2)sc1C(=O)Nc1ccccc1NC(=O)c1ccc(Cl)cc1. The number of hydrogen-bond acceptors (Lipinski definition) is 6. The van der Waals surface area contributed by atoms with Crippen LogP contribution in [-0.4, -0.2) is 26.8 Å². The Morgan fingerprint density at radius 3 is 2.13 bits per heavy atom. The number of halogens is 1. The maximum Gasteiger partial charge on any atom is 0.267 e. The largest absolute Gasteiger partial charge is 0.320 e. The molecule has 2 heterocycles. The summed E-state index contributed by atoms with van der Waals surface area (Å²) in [5.74, 6) is -0.175. The zero-order valence-electron chi connectivity index (χ0n) is 16.3. The molecule has 0 aliphatic rings. The van der Waals surface area contributed by atoms with Crippen molar-refractivity contribution in [2.24, 2.45) is 0 Å². The van der Waals surface area contributed by atoms with Gasteiger partial charge in [-0.05, 0) is 49.4 Å². The molecule has 9 heteroatoms. The van der Waals surface area contributed by atoms with Crippen LogP contribution in [0.2, 0.25) is 5.02 Å². The van der Waals surface area contributed by atoms with E-state index in [9.17, 15) is 9.59 Å². The van der Waals surface area contributed by atoms with Gasteiger partial charge in [0, 0.05) is 23.0 Å². The Hall–Kier alpha value is -3.62. The Labute approximate surface area is 187 Å². The molecule has 2 aromatic heterocycles. The number of hydrogen-bond donors (Lipinski definition) is 2. The number of amides is 2. The number of nitrogens with zero attached hydrogens (tertiary/aromatic N) is 3. The first kappa shape index (κ1) is 20.6. The Balaban J connectivity index is 1.54. The van der Waals surface area contributed by atoms with Crippen LogP contribution in [0.1, 0.15) is 25.7 Å². The lowest BCUT2D eigenvalue weighted by molar-refractivity contribution is 0.101. The quantitative estimate of drug-likeness (QED) is 0.443. The second-order valence-electron chi connectivity index (χ2n) is 6.47. The lowest BCUT2D eigenvalue weighted by Crippen LogP contribution is -2.16. The number of carbonyl (C=O) groups is 2. The van der Waals surface area contributed by atoms with Gasteiger partial charge in [-0.3, -0.25) is 9.59 Å². The van der Waals surface area contributed by atoms with Crippen LogP contribution in [0.5, 0.6) is 0 Å². The average Bonchev–Trinajstić information content (AvgIpc) is 3.18. The van der Waals surface area contributed by atoms with Crippen molar-refractivity contribution in [3.63, 3.8) is 0 Å². The molecule has 2 aromatic carbocycles. The molecule has 154 valence electrons. The normalized spacial score (nSPS) is 10.5. The molecule has 0 aliphatic carbocycles. The van der Waals surface area contributed by atoms with Crippen LogP contribution in [0.3, 0.4) is 0 Å². The summed E-state index contributed by atoms with van der Waals surface area (Å²) in [6.45, 7) is 1.76. The van der Waals surface area contributed by atoms with Crippen LogP contribution >= 0.6 is 22.9 Å². The van der Waals surface area contributed by atoms with Gasteiger partial charge in [-0.15, -0.1) is 11.3 Å². The number of carbonyl (C=O) groups excluding carboxylic acids is 2. The van der Waals surface area contributed by atoms with Crippen LogP contribution < -0.4 is 10.6 Å². The van der Waals surface area contributed by atoms with Gasteiger partial charge in [-0.25, -0.2) is 15.0 Å². The van der Waals surface area contributed by atoms with E-state index in [0.29, 0.717) is 43.4 Å². The van der Waals surface area contributed by atoms with Crippen molar-refractivity contribution >= 4 is 46.1 Å². The Kier molecular flexibility index (Phi) is 6.01. The van der Waals surface area contributed by atoms with Gasteiger partial charge in [0.05, 0.1) is 17.1 Å². The fourth-order valence-corrected chi connectivity index (χ4v) is 3.82. The summed E-state index contributed by atoms with van der Waals surface area (Å²) in [5, 5.41) is 6.78. The molecule has 0 unspecified atom stereocenters. The van der Waals surface area contributed by atoms with Crippen molar-refractivity contribution in [2.75, 3.05) is 10.6 Å². The smallest absolute Gasteiger partial charge is 0.267 e. The molecular weight excluding hydrogens is 434 g/mol. The van der Waals surface area contributed by atoms with Gasteiger partial charge in [0.25, 0.3) is 11.8 Å². The summed E-state index contributed by atoms with van der Waals surface area (Å²) in [5.41, 5.74) is 1.98. The van der Waals surface area contributed by atoms with E-state index in [4.69, 9.17) is 11.6 Å². The topological polar surface area (TPSA) is 96.9 Å². The van der Waals surface area contributed by atoms with Gasteiger partial charge < -0.3 is 10.6 Å². The summed E-state index contributed by atoms with van der Waals surface area (Å²) < 4.78 is 0. The van der Waals surface area contributed by atoms with Crippen LogP contribution in [0.4, 0.5) is 11.4 Å². The molecule has 0 bridgehead atoms.